The number of carbonyl (C=O) groups is 1. The van der Waals surface area contributed by atoms with Crippen LogP contribution in [-0.4, -0.2) is 11.7 Å². The summed E-state index contributed by atoms with van der Waals surface area (Å²) in [6.45, 7) is 0.137. The second-order valence-electron chi connectivity index (χ2n) is 6.57. The Balaban J connectivity index is 1.71. The van der Waals surface area contributed by atoms with Crippen LogP contribution < -0.4 is 4.74 Å². The third kappa shape index (κ3) is 4.89. The fourth-order valence-corrected chi connectivity index (χ4v) is 4.02. The topological polar surface area (TPSA) is 47.9 Å². The van der Waals surface area contributed by atoms with Crippen LogP contribution in [0.4, 0.5) is 0 Å². The number of hydrogen-bond acceptors (Lipinski definition) is 4. The molecule has 156 valence electrons. The van der Waals surface area contributed by atoms with Gasteiger partial charge >= 0.3 is 5.97 Å². The minimum atomic E-state index is -0.582. The van der Waals surface area contributed by atoms with Gasteiger partial charge in [0.25, 0.3) is 0 Å². The Labute approximate surface area is 198 Å². The molecule has 0 N–H and O–H groups in total. The number of carbonyl (C=O) groups excluding carboxylic acids is 1. The fraction of sp³-hybridized carbons (Fsp3) is 0.0435. The van der Waals surface area contributed by atoms with E-state index in [2.05, 4.69) is 5.16 Å². The van der Waals surface area contributed by atoms with Gasteiger partial charge in [-0.1, -0.05) is 88.0 Å². The largest absolute Gasteiger partial charge is 0.487 e. The fourth-order valence-electron chi connectivity index (χ4n) is 3.00. The summed E-state index contributed by atoms with van der Waals surface area (Å²) in [4.78, 5) is 17.3. The van der Waals surface area contributed by atoms with Crippen LogP contribution in [0.2, 0.25) is 20.1 Å². The summed E-state index contributed by atoms with van der Waals surface area (Å²) in [7, 11) is 0. The molecule has 1 aliphatic heterocycles. The maximum atomic E-state index is 12.4. The van der Waals surface area contributed by atoms with E-state index in [4.69, 9.17) is 56.0 Å². The molecule has 0 fully saturated rings. The van der Waals surface area contributed by atoms with Crippen molar-refractivity contribution >= 4 is 64.2 Å². The molecule has 0 saturated carbocycles. The molecule has 31 heavy (non-hydrogen) atoms. The Hall–Kier alpha value is -2.50. The first-order valence-electron chi connectivity index (χ1n) is 9.05. The number of hydrogen-bond donors (Lipinski definition) is 0. The molecule has 8 heteroatoms. The van der Waals surface area contributed by atoms with Crippen molar-refractivity contribution in [2.45, 2.75) is 6.61 Å². The van der Waals surface area contributed by atoms with Crippen LogP contribution >= 0.6 is 46.4 Å². The van der Waals surface area contributed by atoms with Gasteiger partial charge in [0.2, 0.25) is 0 Å². The molecule has 4 nitrogen and oxygen atoms in total. The molecule has 3 aromatic carbocycles. The molecule has 0 amide bonds. The third-order valence-electron chi connectivity index (χ3n) is 4.47. The summed E-state index contributed by atoms with van der Waals surface area (Å²) in [5, 5.41) is 5.58. The lowest BCUT2D eigenvalue weighted by atomic mass is 10.0. The molecule has 0 unspecified atom stereocenters. The van der Waals surface area contributed by atoms with Gasteiger partial charge in [-0.3, -0.25) is 0 Å². The zero-order valence-electron chi connectivity index (χ0n) is 15.7. The lowest BCUT2D eigenvalue weighted by Gasteiger charge is -2.13. The van der Waals surface area contributed by atoms with Crippen molar-refractivity contribution in [2.24, 2.45) is 5.16 Å². The van der Waals surface area contributed by atoms with Crippen molar-refractivity contribution in [3.8, 4) is 5.75 Å². The Morgan fingerprint density at radius 3 is 2.39 bits per heavy atom. The first-order chi connectivity index (χ1) is 14.9. The van der Waals surface area contributed by atoms with Crippen LogP contribution in [0.15, 0.2) is 71.4 Å². The summed E-state index contributed by atoms with van der Waals surface area (Å²) in [5.74, 6) is -0.238. The highest BCUT2D eigenvalue weighted by Gasteiger charge is 2.27. The number of oxime groups is 1. The maximum absolute atomic E-state index is 12.4. The van der Waals surface area contributed by atoms with Gasteiger partial charge in [-0.25, -0.2) is 4.79 Å². The summed E-state index contributed by atoms with van der Waals surface area (Å²) < 4.78 is 5.96. The van der Waals surface area contributed by atoms with Crippen molar-refractivity contribution in [3.63, 3.8) is 0 Å². The van der Waals surface area contributed by atoms with E-state index in [1.807, 2.05) is 30.3 Å². The number of rotatable bonds is 5. The number of ether oxygens (including phenoxy) is 1. The van der Waals surface area contributed by atoms with E-state index in [1.165, 1.54) is 0 Å². The molecule has 1 heterocycles. The third-order valence-corrected chi connectivity index (χ3v) is 5.55. The summed E-state index contributed by atoms with van der Waals surface area (Å²) in [5.41, 5.74) is 2.64. The lowest BCUT2D eigenvalue weighted by Crippen LogP contribution is -2.07. The molecule has 0 bridgehead atoms. The molecular formula is C23H13Cl4NO3. The van der Waals surface area contributed by atoms with Gasteiger partial charge < -0.3 is 9.57 Å². The van der Waals surface area contributed by atoms with Gasteiger partial charge in [0.15, 0.2) is 0 Å². The number of halogens is 4. The molecule has 3 aromatic rings. The van der Waals surface area contributed by atoms with Crippen molar-refractivity contribution in [3.05, 3.63) is 103 Å². The average Bonchev–Trinajstić information content (AvgIpc) is 3.09. The monoisotopic (exact) mass is 491 g/mol. The number of nitrogens with zero attached hydrogens (tertiary/aromatic N) is 1. The quantitative estimate of drug-likeness (QED) is 0.279. The highest BCUT2D eigenvalue weighted by Crippen LogP contribution is 2.36. The maximum Gasteiger partial charge on any atom is 0.368 e. The second kappa shape index (κ2) is 9.33. The first kappa shape index (κ1) is 21.7. The van der Waals surface area contributed by atoms with Crippen molar-refractivity contribution in [1.29, 1.82) is 0 Å². The van der Waals surface area contributed by atoms with E-state index in [-0.39, 0.29) is 17.2 Å². The zero-order chi connectivity index (χ0) is 22.0. The van der Waals surface area contributed by atoms with E-state index in [9.17, 15) is 4.79 Å². The van der Waals surface area contributed by atoms with E-state index in [1.54, 1.807) is 36.4 Å². The lowest BCUT2D eigenvalue weighted by molar-refractivity contribution is -0.136. The van der Waals surface area contributed by atoms with Gasteiger partial charge in [0.1, 0.15) is 18.1 Å². The van der Waals surface area contributed by atoms with Gasteiger partial charge in [-0.15, -0.1) is 0 Å². The Morgan fingerprint density at radius 1 is 0.903 bits per heavy atom. The standard InChI is InChI=1S/C23H13Cl4NO3/c24-16-7-6-14(19(26)10-16)12-30-22-15(8-17(25)11-20(22)27)9-18-21(28-31-23(18)29)13-4-2-1-3-5-13/h1-11H,12H2/b18-9-. The normalized spacial score (nSPS) is 14.5. The molecule has 0 spiro atoms. The first-order valence-corrected chi connectivity index (χ1v) is 10.6. The van der Waals surface area contributed by atoms with E-state index in [0.717, 1.165) is 11.1 Å². The minimum absolute atomic E-state index is 0.137. The summed E-state index contributed by atoms with van der Waals surface area (Å²) in [6, 6.07) is 17.5. The Bertz CT molecular complexity index is 1220. The van der Waals surface area contributed by atoms with Crippen LogP contribution in [0.5, 0.6) is 5.75 Å². The van der Waals surface area contributed by atoms with Crippen LogP contribution in [0.3, 0.4) is 0 Å². The van der Waals surface area contributed by atoms with Gasteiger partial charge in [0.05, 0.1) is 10.6 Å². The van der Waals surface area contributed by atoms with Crippen molar-refractivity contribution in [2.75, 3.05) is 0 Å². The molecule has 0 radical (unpaired) electrons. The van der Waals surface area contributed by atoms with Crippen molar-refractivity contribution in [1.82, 2.24) is 0 Å². The summed E-state index contributed by atoms with van der Waals surface area (Å²) in [6.07, 6.45) is 1.59. The Morgan fingerprint density at radius 2 is 1.65 bits per heavy atom. The molecular weight excluding hydrogens is 480 g/mol. The predicted molar refractivity (Wildman–Crippen MR) is 124 cm³/mol. The molecule has 4 rings (SSSR count). The van der Waals surface area contributed by atoms with Crippen LogP contribution in [0.1, 0.15) is 16.7 Å². The van der Waals surface area contributed by atoms with Crippen molar-refractivity contribution < 1.29 is 14.4 Å². The summed E-state index contributed by atoms with van der Waals surface area (Å²) >= 11 is 24.8. The van der Waals surface area contributed by atoms with E-state index < -0.39 is 5.97 Å². The average molecular weight is 493 g/mol. The molecule has 0 aliphatic carbocycles. The van der Waals surface area contributed by atoms with Gasteiger partial charge in [-0.05, 0) is 30.3 Å². The van der Waals surface area contributed by atoms with Gasteiger partial charge in [0, 0.05) is 31.8 Å². The highest BCUT2D eigenvalue weighted by molar-refractivity contribution is 6.36. The molecule has 0 saturated heterocycles. The molecule has 1 aliphatic rings. The smallest absolute Gasteiger partial charge is 0.368 e. The van der Waals surface area contributed by atoms with E-state index in [0.29, 0.717) is 32.1 Å². The van der Waals surface area contributed by atoms with E-state index >= 15 is 0 Å². The number of benzene rings is 3. The Kier molecular flexibility index (Phi) is 6.54. The predicted octanol–water partition coefficient (Wildman–Crippen LogP) is 7.22. The van der Waals surface area contributed by atoms with Crippen LogP contribution in [-0.2, 0) is 16.2 Å². The zero-order valence-corrected chi connectivity index (χ0v) is 18.8. The van der Waals surface area contributed by atoms with Crippen LogP contribution in [0, 0.1) is 0 Å². The molecule has 0 atom stereocenters. The second-order valence-corrected chi connectivity index (χ2v) is 8.26. The SMILES string of the molecule is O=C1ON=C(c2ccccc2)/C1=C/c1cc(Cl)cc(Cl)c1OCc1ccc(Cl)cc1Cl. The highest BCUT2D eigenvalue weighted by atomic mass is 35.5. The van der Waals surface area contributed by atoms with Crippen LogP contribution in [0.25, 0.3) is 6.08 Å². The minimum Gasteiger partial charge on any atom is -0.487 e. The molecule has 0 aromatic heterocycles. The van der Waals surface area contributed by atoms with Gasteiger partial charge in [-0.2, -0.15) is 0 Å².